The molecule has 1 aliphatic carbocycles. The quantitative estimate of drug-likeness (QED) is 0.583. The Hall–Kier alpha value is -3.34. The van der Waals surface area contributed by atoms with Crippen LogP contribution in [0.15, 0.2) is 30.5 Å². The van der Waals surface area contributed by atoms with Crippen LogP contribution in [-0.4, -0.2) is 21.7 Å². The zero-order valence-corrected chi connectivity index (χ0v) is 16.2. The van der Waals surface area contributed by atoms with Crippen LogP contribution in [0.4, 0.5) is 23.0 Å². The molecule has 0 spiro atoms. The molecule has 3 aromatic rings. The zero-order valence-electron chi connectivity index (χ0n) is 15.4. The lowest BCUT2D eigenvalue weighted by atomic mass is 9.94. The van der Waals surface area contributed by atoms with Gasteiger partial charge in [0, 0.05) is 16.6 Å². The van der Waals surface area contributed by atoms with E-state index < -0.39 is 23.7 Å². The average Bonchev–Trinajstić information content (AvgIpc) is 3.20. The Morgan fingerprint density at radius 1 is 1.23 bits per heavy atom. The highest BCUT2D eigenvalue weighted by atomic mass is 32.1. The molecule has 0 unspecified atom stereocenters. The third kappa shape index (κ3) is 3.63. The molecule has 2 heterocycles. The fraction of sp³-hybridized carbons (Fsp3) is 0.211. The first-order valence-electron chi connectivity index (χ1n) is 8.88. The Balaban J connectivity index is 1.70. The molecule has 7 nitrogen and oxygen atoms in total. The fourth-order valence-corrected chi connectivity index (χ4v) is 4.86. The topological polar surface area (TPSA) is 116 Å². The molecular formula is C19H16F3N5O2S. The second kappa shape index (κ2) is 7.17. The lowest BCUT2D eigenvalue weighted by molar-refractivity contribution is -0.137. The van der Waals surface area contributed by atoms with Gasteiger partial charge in [0.2, 0.25) is 0 Å². The number of anilines is 1. The van der Waals surface area contributed by atoms with Gasteiger partial charge in [0.05, 0.1) is 23.4 Å². The van der Waals surface area contributed by atoms with Crippen LogP contribution in [0.3, 0.4) is 0 Å². The van der Waals surface area contributed by atoms with Gasteiger partial charge in [-0.15, -0.1) is 11.3 Å². The molecule has 0 radical (unpaired) electrons. The summed E-state index contributed by atoms with van der Waals surface area (Å²) in [6.45, 7) is 0.159. The van der Waals surface area contributed by atoms with E-state index in [2.05, 4.69) is 10.4 Å². The largest absolute Gasteiger partial charge is 0.416 e. The number of benzene rings is 1. The summed E-state index contributed by atoms with van der Waals surface area (Å²) in [5.74, 6) is -0.670. The molecule has 156 valence electrons. The van der Waals surface area contributed by atoms with Crippen molar-refractivity contribution < 1.29 is 22.8 Å². The molecule has 1 aliphatic rings. The summed E-state index contributed by atoms with van der Waals surface area (Å²) < 4.78 is 40.4. The molecule has 4 rings (SSSR count). The summed E-state index contributed by atoms with van der Waals surface area (Å²) in [7, 11) is 0. The molecule has 2 aromatic heterocycles. The molecular weight excluding hydrogens is 419 g/mol. The minimum Gasteiger partial charge on any atom is -0.365 e. The van der Waals surface area contributed by atoms with Crippen molar-refractivity contribution in [3.8, 4) is 10.4 Å². The van der Waals surface area contributed by atoms with Crippen molar-refractivity contribution in [3.63, 3.8) is 0 Å². The first-order chi connectivity index (χ1) is 14.1. The van der Waals surface area contributed by atoms with Crippen LogP contribution in [0.1, 0.15) is 32.7 Å². The lowest BCUT2D eigenvalue weighted by Gasteiger charge is -2.11. The van der Waals surface area contributed by atoms with Gasteiger partial charge in [-0.05, 0) is 36.1 Å². The Bertz CT molecular complexity index is 1170. The summed E-state index contributed by atoms with van der Waals surface area (Å²) in [4.78, 5) is 23.9. The molecule has 11 heteroatoms. The van der Waals surface area contributed by atoms with Gasteiger partial charge in [0.1, 0.15) is 5.00 Å². The monoisotopic (exact) mass is 435 g/mol. The number of aryl methyl sites for hydroxylation is 1. The number of hydrogen-bond acceptors (Lipinski definition) is 4. The maximum atomic E-state index is 13.0. The summed E-state index contributed by atoms with van der Waals surface area (Å²) in [5.41, 5.74) is 12.9. The van der Waals surface area contributed by atoms with Crippen molar-refractivity contribution in [1.29, 1.82) is 0 Å². The number of fused-ring (bicyclic) bond motifs is 3. The molecule has 0 fully saturated rings. The number of rotatable bonds is 4. The van der Waals surface area contributed by atoms with E-state index in [0.717, 1.165) is 28.3 Å². The van der Waals surface area contributed by atoms with Crippen molar-refractivity contribution in [2.75, 3.05) is 5.32 Å². The third-order valence-corrected chi connectivity index (χ3v) is 5.96. The number of primary amides is 2. The van der Waals surface area contributed by atoms with E-state index in [-0.39, 0.29) is 17.1 Å². The highest BCUT2D eigenvalue weighted by molar-refractivity contribution is 7.20. The number of urea groups is 1. The number of hydrogen-bond donors (Lipinski definition) is 3. The Morgan fingerprint density at radius 3 is 2.67 bits per heavy atom. The van der Waals surface area contributed by atoms with Gasteiger partial charge in [-0.3, -0.25) is 14.8 Å². The van der Waals surface area contributed by atoms with Crippen LogP contribution in [0.2, 0.25) is 0 Å². The number of thiophene rings is 1. The molecule has 0 aliphatic heterocycles. The standard InChI is InChI=1S/C19H16F3N5O2S/c20-19(21,22)10-3-1-2-9(6-10)7-27-8-12-13(26-27)5-4-11-14(16(23)28)17(25-18(24)29)30-15(11)12/h1-3,6,8H,4-5,7H2,(H2,23,28)(H3,24,25,29). The summed E-state index contributed by atoms with van der Waals surface area (Å²) in [6.07, 6.45) is -1.66. The van der Waals surface area contributed by atoms with Gasteiger partial charge in [-0.1, -0.05) is 12.1 Å². The molecule has 1 aromatic carbocycles. The number of nitrogens with zero attached hydrogens (tertiary/aromatic N) is 2. The lowest BCUT2D eigenvalue weighted by Crippen LogP contribution is -2.22. The summed E-state index contributed by atoms with van der Waals surface area (Å²) >= 11 is 1.17. The number of aromatic nitrogens is 2. The average molecular weight is 435 g/mol. The third-order valence-electron chi connectivity index (χ3n) is 4.78. The number of halogens is 3. The van der Waals surface area contributed by atoms with Crippen molar-refractivity contribution >= 4 is 28.3 Å². The number of alkyl halides is 3. The van der Waals surface area contributed by atoms with E-state index in [4.69, 9.17) is 11.5 Å². The fourth-order valence-electron chi connectivity index (χ4n) is 3.57. The van der Waals surface area contributed by atoms with Crippen molar-refractivity contribution in [1.82, 2.24) is 9.78 Å². The minimum absolute atomic E-state index is 0.159. The van der Waals surface area contributed by atoms with Crippen LogP contribution in [0.5, 0.6) is 0 Å². The first-order valence-corrected chi connectivity index (χ1v) is 9.70. The highest BCUT2D eigenvalue weighted by Gasteiger charge is 2.31. The van der Waals surface area contributed by atoms with Crippen LogP contribution in [0.25, 0.3) is 10.4 Å². The number of carbonyl (C=O) groups excluding carboxylic acids is 2. The molecule has 3 amide bonds. The van der Waals surface area contributed by atoms with Crippen LogP contribution in [0, 0.1) is 0 Å². The summed E-state index contributed by atoms with van der Waals surface area (Å²) in [5, 5.41) is 7.20. The second-order valence-electron chi connectivity index (χ2n) is 6.85. The predicted molar refractivity (Wildman–Crippen MR) is 105 cm³/mol. The number of amides is 3. The predicted octanol–water partition coefficient (Wildman–Crippen LogP) is 3.37. The molecule has 5 N–H and O–H groups in total. The van der Waals surface area contributed by atoms with Crippen molar-refractivity contribution in [3.05, 3.63) is 58.4 Å². The maximum Gasteiger partial charge on any atom is 0.416 e. The van der Waals surface area contributed by atoms with E-state index in [0.29, 0.717) is 24.0 Å². The Kier molecular flexibility index (Phi) is 4.77. The van der Waals surface area contributed by atoms with Crippen LogP contribution >= 0.6 is 11.3 Å². The van der Waals surface area contributed by atoms with Gasteiger partial charge in [-0.2, -0.15) is 18.3 Å². The van der Waals surface area contributed by atoms with Crippen molar-refractivity contribution in [2.45, 2.75) is 25.6 Å². The maximum absolute atomic E-state index is 13.0. The van der Waals surface area contributed by atoms with Gasteiger partial charge in [0.15, 0.2) is 0 Å². The molecule has 0 atom stereocenters. The molecule has 0 saturated heterocycles. The second-order valence-corrected chi connectivity index (χ2v) is 7.87. The number of carbonyl (C=O) groups is 2. The van der Waals surface area contributed by atoms with Crippen molar-refractivity contribution in [2.24, 2.45) is 11.5 Å². The van der Waals surface area contributed by atoms with E-state index >= 15 is 0 Å². The SMILES string of the molecule is NC(=O)Nc1sc2c(c1C(N)=O)CCc1nn(Cc3cccc(C(F)(F)F)c3)cc1-2. The van der Waals surface area contributed by atoms with Gasteiger partial charge in [0.25, 0.3) is 5.91 Å². The van der Waals surface area contributed by atoms with Gasteiger partial charge in [-0.25, -0.2) is 4.79 Å². The van der Waals surface area contributed by atoms with Crippen LogP contribution in [-0.2, 0) is 25.6 Å². The molecule has 0 saturated carbocycles. The smallest absolute Gasteiger partial charge is 0.365 e. The van der Waals surface area contributed by atoms with Crippen LogP contribution < -0.4 is 16.8 Å². The number of nitrogens with two attached hydrogens (primary N) is 2. The molecule has 0 bridgehead atoms. The van der Waals surface area contributed by atoms with Gasteiger partial charge < -0.3 is 11.5 Å². The first kappa shape index (κ1) is 20.0. The van der Waals surface area contributed by atoms with E-state index in [9.17, 15) is 22.8 Å². The number of nitrogens with one attached hydrogen (secondary N) is 1. The van der Waals surface area contributed by atoms with E-state index in [1.165, 1.54) is 17.4 Å². The molecule has 30 heavy (non-hydrogen) atoms. The van der Waals surface area contributed by atoms with Gasteiger partial charge >= 0.3 is 12.2 Å². The minimum atomic E-state index is -4.42. The normalized spacial score (nSPS) is 12.9. The summed E-state index contributed by atoms with van der Waals surface area (Å²) in [6, 6.07) is 4.27. The Labute approximate surface area is 172 Å². The highest BCUT2D eigenvalue weighted by Crippen LogP contribution is 2.44. The zero-order chi connectivity index (χ0) is 21.6. The van der Waals surface area contributed by atoms with E-state index in [1.807, 2.05) is 0 Å². The van der Waals surface area contributed by atoms with E-state index in [1.54, 1.807) is 16.9 Å². The Morgan fingerprint density at radius 2 is 2.00 bits per heavy atom.